The number of hydrogen-bond acceptors (Lipinski definition) is 2. The molecule has 0 unspecified atom stereocenters. The Morgan fingerprint density at radius 3 is 2.47 bits per heavy atom. The number of anilines is 1. The highest BCUT2D eigenvalue weighted by Gasteiger charge is 2.50. The van der Waals surface area contributed by atoms with E-state index in [9.17, 15) is 4.79 Å². The van der Waals surface area contributed by atoms with Crippen molar-refractivity contribution < 1.29 is 4.79 Å². The summed E-state index contributed by atoms with van der Waals surface area (Å²) in [5.74, 6) is -0.215. The van der Waals surface area contributed by atoms with Crippen molar-refractivity contribution in [3.05, 3.63) is 29.3 Å². The number of halogens is 1. The van der Waals surface area contributed by atoms with Gasteiger partial charge in [-0.15, -0.1) is 0 Å². The van der Waals surface area contributed by atoms with Gasteiger partial charge in [0.05, 0.1) is 6.07 Å². The number of nitrogens with one attached hydrogen (secondary N) is 1. The summed E-state index contributed by atoms with van der Waals surface area (Å²) >= 11 is 5.71. The van der Waals surface area contributed by atoms with Gasteiger partial charge in [0.1, 0.15) is 5.41 Å². The number of nitriles is 1. The van der Waals surface area contributed by atoms with E-state index >= 15 is 0 Å². The fourth-order valence-corrected chi connectivity index (χ4v) is 1.42. The average Bonchev–Trinajstić information content (AvgIpc) is 3.02. The molecule has 0 saturated heterocycles. The maximum absolute atomic E-state index is 11.6. The number of carbonyl (C=O) groups excluding carboxylic acids is 1. The van der Waals surface area contributed by atoms with Gasteiger partial charge in [0.2, 0.25) is 5.91 Å². The number of amides is 1. The molecule has 0 radical (unpaired) electrons. The van der Waals surface area contributed by atoms with Gasteiger partial charge in [-0.2, -0.15) is 5.26 Å². The molecule has 0 atom stereocenters. The summed E-state index contributed by atoms with van der Waals surface area (Å²) in [6, 6.07) is 8.87. The van der Waals surface area contributed by atoms with Gasteiger partial charge in [-0.25, -0.2) is 0 Å². The van der Waals surface area contributed by atoms with Crippen LogP contribution in [0.3, 0.4) is 0 Å². The van der Waals surface area contributed by atoms with Crippen LogP contribution in [0.5, 0.6) is 0 Å². The molecule has 1 aromatic rings. The van der Waals surface area contributed by atoms with E-state index in [1.807, 2.05) is 6.07 Å². The van der Waals surface area contributed by atoms with E-state index in [-0.39, 0.29) is 5.91 Å². The molecular formula is C11H9ClN2O. The lowest BCUT2D eigenvalue weighted by Crippen LogP contribution is -2.22. The van der Waals surface area contributed by atoms with E-state index in [2.05, 4.69) is 5.32 Å². The number of rotatable bonds is 2. The Kier molecular flexibility index (Phi) is 2.37. The molecule has 1 N–H and O–H groups in total. The predicted molar refractivity (Wildman–Crippen MR) is 57.4 cm³/mol. The van der Waals surface area contributed by atoms with Crippen LogP contribution in [0.4, 0.5) is 5.69 Å². The van der Waals surface area contributed by atoms with Crippen LogP contribution in [-0.2, 0) is 4.79 Å². The lowest BCUT2D eigenvalue weighted by molar-refractivity contribution is -0.119. The van der Waals surface area contributed by atoms with Crippen molar-refractivity contribution in [3.8, 4) is 6.07 Å². The molecule has 0 heterocycles. The third-order valence-corrected chi connectivity index (χ3v) is 2.75. The summed E-state index contributed by atoms with van der Waals surface area (Å²) in [6.45, 7) is 0. The smallest absolute Gasteiger partial charge is 0.244 e. The molecule has 1 aliphatic carbocycles. The monoisotopic (exact) mass is 220 g/mol. The van der Waals surface area contributed by atoms with Gasteiger partial charge >= 0.3 is 0 Å². The first-order valence-corrected chi connectivity index (χ1v) is 5.02. The van der Waals surface area contributed by atoms with Gasteiger partial charge in [-0.05, 0) is 37.1 Å². The minimum Gasteiger partial charge on any atom is -0.325 e. The zero-order valence-corrected chi connectivity index (χ0v) is 8.71. The average molecular weight is 221 g/mol. The van der Waals surface area contributed by atoms with E-state index in [1.165, 1.54) is 0 Å². The summed E-state index contributed by atoms with van der Waals surface area (Å²) < 4.78 is 0. The quantitative estimate of drug-likeness (QED) is 0.833. The van der Waals surface area contributed by atoms with Crippen molar-refractivity contribution in [1.82, 2.24) is 0 Å². The van der Waals surface area contributed by atoms with Crippen LogP contribution in [0, 0.1) is 16.7 Å². The molecule has 4 heteroatoms. The van der Waals surface area contributed by atoms with Crippen molar-refractivity contribution in [1.29, 1.82) is 5.26 Å². The predicted octanol–water partition coefficient (Wildman–Crippen LogP) is 2.58. The summed E-state index contributed by atoms with van der Waals surface area (Å²) in [5.41, 5.74) is -0.106. The third kappa shape index (κ3) is 1.95. The largest absolute Gasteiger partial charge is 0.325 e. The normalized spacial score (nSPS) is 16.5. The third-order valence-electron chi connectivity index (χ3n) is 2.50. The van der Waals surface area contributed by atoms with Crippen molar-refractivity contribution in [3.63, 3.8) is 0 Å². The molecule has 76 valence electrons. The molecule has 0 aliphatic heterocycles. The van der Waals surface area contributed by atoms with E-state index in [0.29, 0.717) is 23.6 Å². The van der Waals surface area contributed by atoms with E-state index in [1.54, 1.807) is 24.3 Å². The number of hydrogen-bond donors (Lipinski definition) is 1. The van der Waals surface area contributed by atoms with E-state index in [4.69, 9.17) is 16.9 Å². The van der Waals surface area contributed by atoms with Gasteiger partial charge in [0, 0.05) is 10.7 Å². The van der Waals surface area contributed by atoms with Crippen LogP contribution in [-0.4, -0.2) is 5.91 Å². The topological polar surface area (TPSA) is 52.9 Å². The molecule has 3 nitrogen and oxygen atoms in total. The van der Waals surface area contributed by atoms with Gasteiger partial charge in [0.15, 0.2) is 0 Å². The first-order valence-electron chi connectivity index (χ1n) is 4.65. The summed E-state index contributed by atoms with van der Waals surface area (Å²) in [5, 5.41) is 12.1. The molecule has 1 amide bonds. The molecule has 0 aromatic heterocycles. The highest BCUT2D eigenvalue weighted by molar-refractivity contribution is 6.30. The number of carbonyl (C=O) groups is 1. The summed E-state index contributed by atoms with van der Waals surface area (Å²) in [7, 11) is 0. The Labute approximate surface area is 92.7 Å². The number of benzene rings is 1. The molecule has 1 saturated carbocycles. The Balaban J connectivity index is 2.07. The minimum atomic E-state index is -0.778. The fraction of sp³-hybridized carbons (Fsp3) is 0.273. The van der Waals surface area contributed by atoms with Crippen molar-refractivity contribution in [2.24, 2.45) is 5.41 Å². The van der Waals surface area contributed by atoms with E-state index < -0.39 is 5.41 Å². The highest BCUT2D eigenvalue weighted by atomic mass is 35.5. The molecule has 2 rings (SSSR count). The van der Waals surface area contributed by atoms with Crippen LogP contribution in [0.1, 0.15) is 12.8 Å². The van der Waals surface area contributed by atoms with Gasteiger partial charge in [-0.3, -0.25) is 4.79 Å². The summed E-state index contributed by atoms with van der Waals surface area (Å²) in [4.78, 5) is 11.6. The molecular weight excluding hydrogens is 212 g/mol. The molecule has 0 spiro atoms. The second kappa shape index (κ2) is 3.56. The fourth-order valence-electron chi connectivity index (χ4n) is 1.30. The molecule has 15 heavy (non-hydrogen) atoms. The van der Waals surface area contributed by atoms with Crippen molar-refractivity contribution >= 4 is 23.2 Å². The minimum absolute atomic E-state index is 0.215. The standard InChI is InChI=1S/C11H9ClN2O/c12-8-1-3-9(4-2-8)14-10(15)11(7-13)5-6-11/h1-4H,5-6H2,(H,14,15). The SMILES string of the molecule is N#CC1(C(=O)Nc2ccc(Cl)cc2)CC1. The second-order valence-corrected chi connectivity index (χ2v) is 4.09. The molecule has 0 bridgehead atoms. The molecule has 1 aromatic carbocycles. The maximum Gasteiger partial charge on any atom is 0.244 e. The van der Waals surface area contributed by atoms with Crippen LogP contribution in [0.2, 0.25) is 5.02 Å². The first kappa shape index (κ1) is 10.0. The number of nitrogens with zero attached hydrogens (tertiary/aromatic N) is 1. The van der Waals surface area contributed by atoms with E-state index in [0.717, 1.165) is 0 Å². The highest BCUT2D eigenvalue weighted by Crippen LogP contribution is 2.45. The lowest BCUT2D eigenvalue weighted by Gasteiger charge is -2.07. The Morgan fingerprint density at radius 1 is 1.40 bits per heavy atom. The first-order chi connectivity index (χ1) is 7.16. The van der Waals surface area contributed by atoms with Gasteiger partial charge in [-0.1, -0.05) is 11.6 Å². The Bertz CT molecular complexity index is 429. The Morgan fingerprint density at radius 2 is 2.00 bits per heavy atom. The van der Waals surface area contributed by atoms with Crippen LogP contribution in [0.15, 0.2) is 24.3 Å². The zero-order valence-electron chi connectivity index (χ0n) is 7.96. The van der Waals surface area contributed by atoms with Gasteiger partial charge < -0.3 is 5.32 Å². The lowest BCUT2D eigenvalue weighted by atomic mass is 10.1. The van der Waals surface area contributed by atoms with Crippen LogP contribution >= 0.6 is 11.6 Å². The summed E-state index contributed by atoms with van der Waals surface area (Å²) in [6.07, 6.45) is 1.31. The Hall–Kier alpha value is -1.53. The zero-order chi connectivity index (χ0) is 10.9. The molecule has 1 fully saturated rings. The molecule has 1 aliphatic rings. The maximum atomic E-state index is 11.6. The van der Waals surface area contributed by atoms with Crippen LogP contribution in [0.25, 0.3) is 0 Å². The van der Waals surface area contributed by atoms with Crippen LogP contribution < -0.4 is 5.32 Å². The van der Waals surface area contributed by atoms with Gasteiger partial charge in [0.25, 0.3) is 0 Å². The second-order valence-electron chi connectivity index (χ2n) is 3.65. The van der Waals surface area contributed by atoms with Crippen molar-refractivity contribution in [2.75, 3.05) is 5.32 Å². The van der Waals surface area contributed by atoms with Crippen molar-refractivity contribution in [2.45, 2.75) is 12.8 Å².